The van der Waals surface area contributed by atoms with E-state index in [1.807, 2.05) is 37.3 Å². The molecule has 0 aromatic heterocycles. The van der Waals surface area contributed by atoms with Crippen molar-refractivity contribution in [3.8, 4) is 17.2 Å². The van der Waals surface area contributed by atoms with Crippen LogP contribution in [-0.4, -0.2) is 30.3 Å². The molecule has 4 rings (SSSR count). The van der Waals surface area contributed by atoms with Gasteiger partial charge in [-0.2, -0.15) is 5.26 Å². The molecule has 0 radical (unpaired) electrons. The third-order valence-electron chi connectivity index (χ3n) is 5.67. The molecule has 0 fully saturated rings. The molecule has 1 aliphatic rings. The first-order valence-corrected chi connectivity index (χ1v) is 10.7. The first-order valence-electron chi connectivity index (χ1n) is 10.7. The van der Waals surface area contributed by atoms with Gasteiger partial charge in [0.1, 0.15) is 0 Å². The third kappa shape index (κ3) is 4.81. The molecule has 1 unspecified atom stereocenters. The van der Waals surface area contributed by atoms with Gasteiger partial charge in [0.05, 0.1) is 30.9 Å². The molecular formula is C27H23N3O4. The van der Waals surface area contributed by atoms with Crippen molar-refractivity contribution < 1.29 is 19.2 Å². The number of nitriles is 1. The number of carbonyl (C=O) groups excluding carboxylic acids is 2. The maximum Gasteiger partial charge on any atom is 0.310 e. The van der Waals surface area contributed by atoms with Gasteiger partial charge >= 0.3 is 5.97 Å². The van der Waals surface area contributed by atoms with Gasteiger partial charge in [-0.3, -0.25) is 9.59 Å². The average molecular weight is 453 g/mol. The van der Waals surface area contributed by atoms with Crippen molar-refractivity contribution in [1.82, 2.24) is 0 Å². The minimum absolute atomic E-state index is 0.0597. The second-order valence-corrected chi connectivity index (χ2v) is 8.15. The largest absolute Gasteiger partial charge is 0.469 e. The van der Waals surface area contributed by atoms with Crippen LogP contribution in [0.4, 0.5) is 5.69 Å². The number of benzene rings is 3. The Morgan fingerprint density at radius 3 is 2.50 bits per heavy atom. The van der Waals surface area contributed by atoms with Crippen LogP contribution in [0.15, 0.2) is 78.0 Å². The van der Waals surface area contributed by atoms with E-state index in [1.54, 1.807) is 36.4 Å². The zero-order valence-electron chi connectivity index (χ0n) is 18.9. The maximum absolute atomic E-state index is 13.3. The molecule has 170 valence electrons. The second kappa shape index (κ2) is 9.59. The van der Waals surface area contributed by atoms with Crippen molar-refractivity contribution in [1.29, 1.82) is 5.26 Å². The lowest BCUT2D eigenvalue weighted by Crippen LogP contribution is -2.45. The fourth-order valence-corrected chi connectivity index (χ4v) is 3.82. The Kier molecular flexibility index (Phi) is 6.42. The number of methoxy groups -OCH3 is 1. The molecule has 34 heavy (non-hydrogen) atoms. The van der Waals surface area contributed by atoms with Crippen molar-refractivity contribution in [2.24, 2.45) is 5.16 Å². The number of oxime groups is 1. The van der Waals surface area contributed by atoms with Crippen molar-refractivity contribution in [2.45, 2.75) is 25.4 Å². The highest BCUT2D eigenvalue weighted by atomic mass is 16.7. The number of hydrogen-bond donors (Lipinski definition) is 1. The van der Waals surface area contributed by atoms with Crippen LogP contribution < -0.4 is 5.32 Å². The number of nitrogens with zero attached hydrogens (tertiary/aromatic N) is 2. The summed E-state index contributed by atoms with van der Waals surface area (Å²) >= 11 is 0. The summed E-state index contributed by atoms with van der Waals surface area (Å²) in [6.07, 6.45) is -0.244. The zero-order valence-corrected chi connectivity index (χ0v) is 18.9. The second-order valence-electron chi connectivity index (χ2n) is 8.15. The molecule has 1 amide bonds. The lowest BCUT2D eigenvalue weighted by Gasteiger charge is -2.24. The highest BCUT2D eigenvalue weighted by molar-refractivity contribution is 6.09. The normalized spacial score (nSPS) is 16.7. The molecule has 3 aromatic rings. The van der Waals surface area contributed by atoms with Crippen LogP contribution >= 0.6 is 0 Å². The molecule has 0 bridgehead atoms. The van der Waals surface area contributed by atoms with E-state index in [1.165, 1.54) is 7.11 Å². The number of hydrogen-bond acceptors (Lipinski definition) is 6. The number of amides is 1. The quantitative estimate of drug-likeness (QED) is 0.550. The predicted molar refractivity (Wildman–Crippen MR) is 128 cm³/mol. The fraction of sp³-hybridized carbons (Fsp3) is 0.185. The molecule has 1 heterocycles. The highest BCUT2D eigenvalue weighted by Crippen LogP contribution is 2.33. The summed E-state index contributed by atoms with van der Waals surface area (Å²) in [5.74, 6) is -1.09. The summed E-state index contributed by atoms with van der Waals surface area (Å²) < 4.78 is 4.80. The van der Waals surface area contributed by atoms with Gasteiger partial charge in [0.15, 0.2) is 0 Å². The van der Waals surface area contributed by atoms with Crippen LogP contribution in [0, 0.1) is 18.3 Å². The first kappa shape index (κ1) is 22.7. The summed E-state index contributed by atoms with van der Waals surface area (Å²) in [6.45, 7) is 2.04. The Balaban J connectivity index is 1.54. The molecule has 1 N–H and O–H groups in total. The molecular weight excluding hydrogens is 430 g/mol. The van der Waals surface area contributed by atoms with Crippen LogP contribution in [0.3, 0.4) is 0 Å². The van der Waals surface area contributed by atoms with Crippen LogP contribution in [-0.2, 0) is 19.2 Å². The van der Waals surface area contributed by atoms with E-state index >= 15 is 0 Å². The summed E-state index contributed by atoms with van der Waals surface area (Å²) in [7, 11) is 1.26. The zero-order chi connectivity index (χ0) is 24.1. The van der Waals surface area contributed by atoms with E-state index in [0.29, 0.717) is 22.5 Å². The lowest BCUT2D eigenvalue weighted by atomic mass is 9.89. The molecule has 7 heteroatoms. The Morgan fingerprint density at radius 1 is 1.06 bits per heavy atom. The first-order chi connectivity index (χ1) is 16.4. The van der Waals surface area contributed by atoms with E-state index in [-0.39, 0.29) is 12.8 Å². The fourth-order valence-electron chi connectivity index (χ4n) is 3.82. The number of nitrogens with one attached hydrogen (secondary N) is 1. The van der Waals surface area contributed by atoms with Gasteiger partial charge in [-0.25, -0.2) is 0 Å². The molecule has 7 nitrogen and oxygen atoms in total. The molecule has 3 aromatic carbocycles. The highest BCUT2D eigenvalue weighted by Gasteiger charge is 2.49. The molecule has 0 saturated heterocycles. The van der Waals surface area contributed by atoms with Gasteiger partial charge in [-0.15, -0.1) is 0 Å². The minimum atomic E-state index is -1.56. The van der Waals surface area contributed by atoms with E-state index < -0.39 is 17.5 Å². The standard InChI is InChI=1S/C27H23N3O4/c1-18-5-3-7-21(13-18)20-9-11-23(12-10-20)29-26(32)27(16-25(31)33-2)15-24(30-34-27)22-8-4-6-19(14-22)17-28/h3-14H,15-16H2,1-2H3,(H,29,32). The summed E-state index contributed by atoms with van der Waals surface area (Å²) in [5.41, 5.74) is 3.86. The van der Waals surface area contributed by atoms with Crippen molar-refractivity contribution >= 4 is 23.3 Å². The number of aryl methyl sites for hydroxylation is 1. The number of ether oxygens (including phenoxy) is 1. The number of anilines is 1. The Bertz CT molecular complexity index is 1310. The van der Waals surface area contributed by atoms with Crippen LogP contribution in [0.2, 0.25) is 0 Å². The lowest BCUT2D eigenvalue weighted by molar-refractivity contribution is -0.155. The van der Waals surface area contributed by atoms with Gasteiger partial charge in [0.2, 0.25) is 5.60 Å². The smallest absolute Gasteiger partial charge is 0.310 e. The van der Waals surface area contributed by atoms with E-state index in [2.05, 4.69) is 22.6 Å². The maximum atomic E-state index is 13.3. The monoisotopic (exact) mass is 453 g/mol. The Labute approximate surface area is 197 Å². The van der Waals surface area contributed by atoms with Gasteiger partial charge in [0, 0.05) is 17.7 Å². The molecule has 1 atom stereocenters. The van der Waals surface area contributed by atoms with Crippen molar-refractivity contribution in [3.05, 3.63) is 89.5 Å². The van der Waals surface area contributed by atoms with Crippen LogP contribution in [0.5, 0.6) is 0 Å². The third-order valence-corrected chi connectivity index (χ3v) is 5.67. The topological polar surface area (TPSA) is 101 Å². The molecule has 0 saturated carbocycles. The van der Waals surface area contributed by atoms with Gasteiger partial charge < -0.3 is 14.9 Å². The average Bonchev–Trinajstić information content (AvgIpc) is 3.30. The summed E-state index contributed by atoms with van der Waals surface area (Å²) in [6, 6.07) is 24.5. The van der Waals surface area contributed by atoms with E-state index in [0.717, 1.165) is 16.7 Å². The van der Waals surface area contributed by atoms with E-state index in [4.69, 9.17) is 9.57 Å². The van der Waals surface area contributed by atoms with Crippen molar-refractivity contribution in [2.75, 3.05) is 12.4 Å². The molecule has 1 aliphatic heterocycles. The summed E-state index contributed by atoms with van der Waals surface area (Å²) in [5, 5.41) is 16.1. The Hall–Kier alpha value is -4.44. The SMILES string of the molecule is COC(=O)CC1(C(=O)Nc2ccc(-c3cccc(C)c3)cc2)CC(c2cccc(C#N)c2)=NO1. The molecule has 0 spiro atoms. The molecule has 0 aliphatic carbocycles. The van der Waals surface area contributed by atoms with Gasteiger partial charge in [-0.05, 0) is 42.3 Å². The van der Waals surface area contributed by atoms with Gasteiger partial charge in [-0.1, -0.05) is 59.3 Å². The summed E-state index contributed by atoms with van der Waals surface area (Å²) in [4.78, 5) is 31.0. The number of rotatable bonds is 6. The number of esters is 1. The Morgan fingerprint density at radius 2 is 1.79 bits per heavy atom. The predicted octanol–water partition coefficient (Wildman–Crippen LogP) is 4.60. The van der Waals surface area contributed by atoms with Crippen LogP contribution in [0.1, 0.15) is 29.5 Å². The van der Waals surface area contributed by atoms with E-state index in [9.17, 15) is 14.9 Å². The van der Waals surface area contributed by atoms with Crippen LogP contribution in [0.25, 0.3) is 11.1 Å². The number of carbonyl (C=O) groups is 2. The minimum Gasteiger partial charge on any atom is -0.469 e. The van der Waals surface area contributed by atoms with Gasteiger partial charge in [0.25, 0.3) is 5.91 Å². The van der Waals surface area contributed by atoms with Crippen molar-refractivity contribution in [3.63, 3.8) is 0 Å².